The molecule has 3 rings (SSSR count). The zero-order chi connectivity index (χ0) is 14.7. The lowest BCUT2D eigenvalue weighted by atomic mass is 9.79. The summed E-state index contributed by atoms with van der Waals surface area (Å²) in [7, 11) is 2.26. The fraction of sp³-hybridized carbons (Fsp3) is 1.00. The molecule has 0 aromatic heterocycles. The fourth-order valence-corrected chi connectivity index (χ4v) is 4.68. The Bertz CT molecular complexity index is 316. The molecule has 2 heterocycles. The van der Waals surface area contributed by atoms with Crippen molar-refractivity contribution in [3.05, 3.63) is 0 Å². The lowest BCUT2D eigenvalue weighted by Crippen LogP contribution is -2.50. The first-order valence-electron chi connectivity index (χ1n) is 9.32. The van der Waals surface area contributed by atoms with Gasteiger partial charge < -0.3 is 15.5 Å². The standard InChI is InChI=1S/C18H35N3/c1-18(9-12-21(2)13-10-18)14-20-17-8-5-6-15(17)16-7-3-4-11-19-16/h15-17,19-20H,3-14H2,1-2H3. The van der Waals surface area contributed by atoms with E-state index in [1.54, 1.807) is 0 Å². The van der Waals surface area contributed by atoms with Gasteiger partial charge >= 0.3 is 0 Å². The highest BCUT2D eigenvalue weighted by Crippen LogP contribution is 2.34. The minimum Gasteiger partial charge on any atom is -0.314 e. The quantitative estimate of drug-likeness (QED) is 0.834. The van der Waals surface area contributed by atoms with Crippen molar-refractivity contribution >= 4 is 0 Å². The van der Waals surface area contributed by atoms with Crippen molar-refractivity contribution in [3.63, 3.8) is 0 Å². The molecule has 3 heteroatoms. The van der Waals surface area contributed by atoms with Crippen molar-refractivity contribution in [2.24, 2.45) is 11.3 Å². The average Bonchev–Trinajstić information content (AvgIpc) is 2.98. The number of nitrogens with one attached hydrogen (secondary N) is 2. The summed E-state index contributed by atoms with van der Waals surface area (Å²) in [6, 6.07) is 1.57. The zero-order valence-electron chi connectivity index (χ0n) is 14.2. The van der Waals surface area contributed by atoms with Gasteiger partial charge in [-0.25, -0.2) is 0 Å². The molecule has 122 valence electrons. The topological polar surface area (TPSA) is 27.3 Å². The number of rotatable bonds is 4. The van der Waals surface area contributed by atoms with E-state index in [-0.39, 0.29) is 0 Å². The van der Waals surface area contributed by atoms with Gasteiger partial charge in [0.2, 0.25) is 0 Å². The minimum atomic E-state index is 0.527. The van der Waals surface area contributed by atoms with E-state index in [9.17, 15) is 0 Å². The monoisotopic (exact) mass is 293 g/mol. The smallest absolute Gasteiger partial charge is 0.0110 e. The summed E-state index contributed by atoms with van der Waals surface area (Å²) in [6.07, 6.45) is 11.2. The Kier molecular flexibility index (Phi) is 5.23. The van der Waals surface area contributed by atoms with Crippen LogP contribution in [0.1, 0.15) is 58.3 Å². The molecule has 0 aromatic carbocycles. The Labute approximate surface area is 131 Å². The van der Waals surface area contributed by atoms with Crippen LogP contribution < -0.4 is 10.6 Å². The predicted molar refractivity (Wildman–Crippen MR) is 89.6 cm³/mol. The molecular formula is C18H35N3. The van der Waals surface area contributed by atoms with Gasteiger partial charge in [-0.1, -0.05) is 19.8 Å². The second-order valence-corrected chi connectivity index (χ2v) is 8.25. The number of nitrogens with zero attached hydrogens (tertiary/aromatic N) is 1. The molecule has 0 bridgehead atoms. The van der Waals surface area contributed by atoms with Gasteiger partial charge in [-0.2, -0.15) is 0 Å². The second-order valence-electron chi connectivity index (χ2n) is 8.25. The van der Waals surface area contributed by atoms with Gasteiger partial charge in [-0.15, -0.1) is 0 Å². The van der Waals surface area contributed by atoms with Crippen LogP contribution in [0.2, 0.25) is 0 Å². The molecular weight excluding hydrogens is 258 g/mol. The van der Waals surface area contributed by atoms with Crippen LogP contribution in [0.5, 0.6) is 0 Å². The largest absolute Gasteiger partial charge is 0.314 e. The molecule has 3 fully saturated rings. The van der Waals surface area contributed by atoms with Gasteiger partial charge in [-0.3, -0.25) is 0 Å². The summed E-state index contributed by atoms with van der Waals surface area (Å²) in [5, 5.41) is 7.79. The number of hydrogen-bond acceptors (Lipinski definition) is 3. The Balaban J connectivity index is 1.49. The van der Waals surface area contributed by atoms with Crippen LogP contribution in [0.3, 0.4) is 0 Å². The van der Waals surface area contributed by atoms with E-state index >= 15 is 0 Å². The molecule has 0 amide bonds. The van der Waals surface area contributed by atoms with E-state index < -0.39 is 0 Å². The third kappa shape index (κ3) is 4.00. The van der Waals surface area contributed by atoms with Crippen molar-refractivity contribution in [2.45, 2.75) is 70.4 Å². The summed E-state index contributed by atoms with van der Waals surface area (Å²) in [6.45, 7) is 7.52. The van der Waals surface area contributed by atoms with Crippen LogP contribution in [0.25, 0.3) is 0 Å². The molecule has 2 aliphatic heterocycles. The third-order valence-electron chi connectivity index (χ3n) is 6.42. The van der Waals surface area contributed by atoms with Crippen LogP contribution in [0, 0.1) is 11.3 Å². The fourth-order valence-electron chi connectivity index (χ4n) is 4.68. The molecule has 1 saturated carbocycles. The van der Waals surface area contributed by atoms with Gasteiger partial charge in [0.05, 0.1) is 0 Å². The first-order chi connectivity index (χ1) is 10.2. The molecule has 0 aromatic rings. The van der Waals surface area contributed by atoms with E-state index in [0.717, 1.165) is 18.0 Å². The molecule has 3 atom stereocenters. The highest BCUT2D eigenvalue weighted by Gasteiger charge is 2.36. The van der Waals surface area contributed by atoms with Crippen molar-refractivity contribution in [2.75, 3.05) is 33.2 Å². The number of piperidine rings is 2. The Morgan fingerprint density at radius 2 is 1.90 bits per heavy atom. The SMILES string of the molecule is CN1CCC(C)(CNC2CCCC2C2CCCCN2)CC1. The summed E-state index contributed by atoms with van der Waals surface area (Å²) in [5.74, 6) is 0.889. The molecule has 21 heavy (non-hydrogen) atoms. The summed E-state index contributed by atoms with van der Waals surface area (Å²) >= 11 is 0. The van der Waals surface area contributed by atoms with E-state index in [2.05, 4.69) is 29.5 Å². The minimum absolute atomic E-state index is 0.527. The van der Waals surface area contributed by atoms with Gasteiger partial charge in [0.15, 0.2) is 0 Å². The number of likely N-dealkylation sites (tertiary alicyclic amines) is 1. The van der Waals surface area contributed by atoms with Crippen molar-refractivity contribution in [1.82, 2.24) is 15.5 Å². The first-order valence-corrected chi connectivity index (χ1v) is 9.32. The second kappa shape index (κ2) is 6.97. The maximum Gasteiger partial charge on any atom is 0.0110 e. The normalized spacial score (nSPS) is 37.7. The van der Waals surface area contributed by atoms with Crippen molar-refractivity contribution < 1.29 is 0 Å². The van der Waals surface area contributed by atoms with Crippen LogP contribution in [0.15, 0.2) is 0 Å². The molecule has 0 spiro atoms. The van der Waals surface area contributed by atoms with Crippen molar-refractivity contribution in [1.29, 1.82) is 0 Å². The zero-order valence-corrected chi connectivity index (χ0v) is 14.2. The van der Waals surface area contributed by atoms with E-state index in [1.165, 1.54) is 77.5 Å². The highest BCUT2D eigenvalue weighted by atomic mass is 15.1. The Morgan fingerprint density at radius 3 is 2.62 bits per heavy atom. The maximum absolute atomic E-state index is 4.00. The van der Waals surface area contributed by atoms with Crippen LogP contribution in [-0.4, -0.2) is 50.2 Å². The molecule has 1 aliphatic carbocycles. The van der Waals surface area contributed by atoms with E-state index in [1.807, 2.05) is 0 Å². The van der Waals surface area contributed by atoms with Gasteiger partial charge in [0.25, 0.3) is 0 Å². The predicted octanol–water partition coefficient (Wildman–Crippen LogP) is 2.62. The third-order valence-corrected chi connectivity index (χ3v) is 6.42. The van der Waals surface area contributed by atoms with Crippen LogP contribution in [0.4, 0.5) is 0 Å². The molecule has 2 N–H and O–H groups in total. The van der Waals surface area contributed by atoms with Crippen LogP contribution in [-0.2, 0) is 0 Å². The lowest BCUT2D eigenvalue weighted by Gasteiger charge is -2.40. The average molecular weight is 293 g/mol. The summed E-state index contributed by atoms with van der Waals surface area (Å²) in [4.78, 5) is 2.48. The summed E-state index contributed by atoms with van der Waals surface area (Å²) in [5.41, 5.74) is 0.527. The molecule has 3 nitrogen and oxygen atoms in total. The van der Waals surface area contributed by atoms with Crippen LogP contribution >= 0.6 is 0 Å². The summed E-state index contributed by atoms with van der Waals surface area (Å²) < 4.78 is 0. The van der Waals surface area contributed by atoms with Crippen molar-refractivity contribution in [3.8, 4) is 0 Å². The number of hydrogen-bond donors (Lipinski definition) is 2. The van der Waals surface area contributed by atoms with E-state index in [0.29, 0.717) is 5.41 Å². The lowest BCUT2D eigenvalue weighted by molar-refractivity contribution is 0.128. The molecule has 3 aliphatic rings. The van der Waals surface area contributed by atoms with Gasteiger partial charge in [-0.05, 0) is 76.5 Å². The first kappa shape index (κ1) is 15.8. The Hall–Kier alpha value is -0.120. The Morgan fingerprint density at radius 1 is 1.10 bits per heavy atom. The van der Waals surface area contributed by atoms with Gasteiger partial charge in [0.1, 0.15) is 0 Å². The molecule has 3 unspecified atom stereocenters. The maximum atomic E-state index is 4.00. The molecule has 0 radical (unpaired) electrons. The van der Waals surface area contributed by atoms with Gasteiger partial charge in [0, 0.05) is 18.6 Å². The highest BCUT2D eigenvalue weighted by molar-refractivity contribution is 4.94. The van der Waals surface area contributed by atoms with E-state index in [4.69, 9.17) is 0 Å². The molecule has 2 saturated heterocycles.